The molecular formula is C21H19F3N8O. The Bertz CT molecular complexity index is 1170. The third kappa shape index (κ3) is 4.11. The number of hydrogen-bond donors (Lipinski definition) is 1. The minimum Gasteiger partial charge on any atom is -0.337 e. The van der Waals surface area contributed by atoms with E-state index in [-0.39, 0.29) is 11.7 Å². The zero-order valence-corrected chi connectivity index (χ0v) is 17.3. The van der Waals surface area contributed by atoms with E-state index in [0.29, 0.717) is 49.8 Å². The summed E-state index contributed by atoms with van der Waals surface area (Å²) in [6, 6.07) is 3.91. The normalized spacial score (nSPS) is 18.3. The van der Waals surface area contributed by atoms with E-state index in [0.717, 1.165) is 12.3 Å². The number of rotatable bonds is 3. The highest BCUT2D eigenvalue weighted by Crippen LogP contribution is 2.30. The average molecular weight is 456 g/mol. The van der Waals surface area contributed by atoms with Crippen LogP contribution in [-0.4, -0.2) is 68.5 Å². The molecule has 5 rings (SSSR count). The number of nitrogens with zero attached hydrogens (tertiary/aromatic N) is 7. The lowest BCUT2D eigenvalue weighted by Gasteiger charge is -2.37. The molecule has 2 aromatic heterocycles. The summed E-state index contributed by atoms with van der Waals surface area (Å²) in [5.74, 6) is -1.64. The second-order valence-electron chi connectivity index (χ2n) is 7.68. The summed E-state index contributed by atoms with van der Waals surface area (Å²) < 4.78 is 41.5. The number of piperazine rings is 1. The van der Waals surface area contributed by atoms with Crippen LogP contribution in [0.3, 0.4) is 0 Å². The Hall–Kier alpha value is -3.96. The van der Waals surface area contributed by atoms with Crippen LogP contribution >= 0.6 is 0 Å². The fourth-order valence-electron chi connectivity index (χ4n) is 3.97. The molecule has 3 aromatic rings. The van der Waals surface area contributed by atoms with Crippen LogP contribution in [0.2, 0.25) is 0 Å². The van der Waals surface area contributed by atoms with Gasteiger partial charge in [0.1, 0.15) is 23.0 Å². The average Bonchev–Trinajstić information content (AvgIpc) is 3.51. The highest BCUT2D eigenvalue weighted by atomic mass is 19.1. The first kappa shape index (κ1) is 20.9. The first-order valence-electron chi connectivity index (χ1n) is 10.3. The third-order valence-electron chi connectivity index (χ3n) is 5.60. The van der Waals surface area contributed by atoms with Gasteiger partial charge in [0, 0.05) is 51.1 Å². The van der Waals surface area contributed by atoms with Crippen molar-refractivity contribution in [2.75, 3.05) is 31.1 Å². The van der Waals surface area contributed by atoms with Gasteiger partial charge in [-0.05, 0) is 23.8 Å². The quantitative estimate of drug-likeness (QED) is 0.654. The highest BCUT2D eigenvalue weighted by Gasteiger charge is 2.34. The number of carbonyl (C=O) groups excluding carboxylic acids is 1. The molecule has 170 valence electrons. The van der Waals surface area contributed by atoms with Crippen molar-refractivity contribution in [3.8, 4) is 11.4 Å². The molecule has 0 radical (unpaired) electrons. The summed E-state index contributed by atoms with van der Waals surface area (Å²) in [6.07, 6.45) is 4.61. The number of nitrogens with one attached hydrogen (secondary N) is 1. The number of aromatic amines is 1. The molecule has 0 spiro atoms. The maximum Gasteiger partial charge on any atom is 0.341 e. The second kappa shape index (κ2) is 8.52. The van der Waals surface area contributed by atoms with Crippen LogP contribution in [0.4, 0.5) is 23.9 Å². The molecule has 0 unspecified atom stereocenters. The summed E-state index contributed by atoms with van der Waals surface area (Å²) >= 11 is 0. The number of hydrazone groups is 1. The van der Waals surface area contributed by atoms with Gasteiger partial charge in [-0.3, -0.25) is 5.10 Å². The van der Waals surface area contributed by atoms with Crippen molar-refractivity contribution in [1.29, 1.82) is 0 Å². The van der Waals surface area contributed by atoms with Gasteiger partial charge in [-0.2, -0.15) is 10.2 Å². The molecule has 1 N–H and O–H groups in total. The van der Waals surface area contributed by atoms with E-state index in [2.05, 4.69) is 25.3 Å². The van der Waals surface area contributed by atoms with Gasteiger partial charge in [-0.15, -0.1) is 0 Å². The monoisotopic (exact) mass is 456 g/mol. The molecule has 0 saturated carbocycles. The molecule has 4 heterocycles. The van der Waals surface area contributed by atoms with E-state index >= 15 is 0 Å². The predicted octanol–water partition coefficient (Wildman–Crippen LogP) is 2.96. The number of carbonyl (C=O) groups is 1. The predicted molar refractivity (Wildman–Crippen MR) is 113 cm³/mol. The summed E-state index contributed by atoms with van der Waals surface area (Å²) in [5, 5.41) is 12.0. The van der Waals surface area contributed by atoms with Crippen LogP contribution in [0.25, 0.3) is 11.4 Å². The van der Waals surface area contributed by atoms with Crippen LogP contribution in [-0.2, 0) is 0 Å². The number of urea groups is 1. The van der Waals surface area contributed by atoms with Gasteiger partial charge in [0.2, 0.25) is 5.95 Å². The number of H-pyrrole nitrogens is 1. The molecule has 1 saturated heterocycles. The fourth-order valence-corrected chi connectivity index (χ4v) is 3.97. The maximum absolute atomic E-state index is 14.2. The summed E-state index contributed by atoms with van der Waals surface area (Å²) in [7, 11) is 0. The van der Waals surface area contributed by atoms with Gasteiger partial charge in [0.05, 0.1) is 12.2 Å². The van der Waals surface area contributed by atoms with Crippen molar-refractivity contribution in [1.82, 2.24) is 30.1 Å². The largest absolute Gasteiger partial charge is 0.341 e. The topological polar surface area (TPSA) is 93.6 Å². The molecule has 1 aromatic carbocycles. The Kier molecular flexibility index (Phi) is 5.40. The Labute approximate surface area is 186 Å². The van der Waals surface area contributed by atoms with Gasteiger partial charge in [-0.25, -0.2) is 32.9 Å². The zero-order valence-electron chi connectivity index (χ0n) is 17.3. The van der Waals surface area contributed by atoms with Crippen molar-refractivity contribution in [2.45, 2.75) is 12.5 Å². The van der Waals surface area contributed by atoms with E-state index in [1.54, 1.807) is 23.4 Å². The van der Waals surface area contributed by atoms with Crippen molar-refractivity contribution >= 4 is 18.2 Å². The minimum atomic E-state index is -0.702. The number of anilines is 1. The van der Waals surface area contributed by atoms with Gasteiger partial charge >= 0.3 is 6.03 Å². The molecule has 33 heavy (non-hydrogen) atoms. The minimum absolute atomic E-state index is 0.0938. The third-order valence-corrected chi connectivity index (χ3v) is 5.60. The number of halogens is 3. The first-order valence-corrected chi connectivity index (χ1v) is 10.3. The molecule has 2 aliphatic rings. The lowest BCUT2D eigenvalue weighted by Crippen LogP contribution is -2.52. The maximum atomic E-state index is 14.2. The zero-order chi connectivity index (χ0) is 22.9. The Morgan fingerprint density at radius 1 is 1.06 bits per heavy atom. The molecule has 9 nitrogen and oxygen atoms in total. The van der Waals surface area contributed by atoms with Gasteiger partial charge in [0.15, 0.2) is 5.82 Å². The smallest absolute Gasteiger partial charge is 0.337 e. The number of hydrogen-bond acceptors (Lipinski definition) is 6. The van der Waals surface area contributed by atoms with Crippen LogP contribution in [0.5, 0.6) is 0 Å². The fraction of sp³-hybridized carbons (Fsp3) is 0.286. The number of amides is 2. The molecule has 12 heteroatoms. The highest BCUT2D eigenvalue weighted by molar-refractivity contribution is 5.78. The van der Waals surface area contributed by atoms with Crippen LogP contribution in [0.15, 0.2) is 41.8 Å². The number of aromatic nitrogens is 4. The van der Waals surface area contributed by atoms with Crippen LogP contribution < -0.4 is 4.90 Å². The lowest BCUT2D eigenvalue weighted by molar-refractivity contribution is 0.139. The molecule has 0 bridgehead atoms. The van der Waals surface area contributed by atoms with E-state index < -0.39 is 23.5 Å². The van der Waals surface area contributed by atoms with E-state index in [1.165, 1.54) is 17.1 Å². The lowest BCUT2D eigenvalue weighted by atomic mass is 10.0. The van der Waals surface area contributed by atoms with Crippen LogP contribution in [0, 0.1) is 17.5 Å². The standard InChI is InChI=1S/C21H19F3N8O/c22-14-9-13(10-15(23)11-14)18-2-4-27-32(18)21(33)31-7-5-30(6-8-31)20-25-12-16(24)19(28-20)17-1-3-26-29-17/h1,3-4,9-12,18H,2,5-8H2,(H,26,29)/t18-/m0/s1. The Morgan fingerprint density at radius 2 is 1.82 bits per heavy atom. The first-order chi connectivity index (χ1) is 16.0. The van der Waals surface area contributed by atoms with Gasteiger partial charge in [0.25, 0.3) is 0 Å². The molecule has 2 aliphatic heterocycles. The van der Waals surface area contributed by atoms with Crippen LogP contribution in [0.1, 0.15) is 18.0 Å². The molecular weight excluding hydrogens is 437 g/mol. The summed E-state index contributed by atoms with van der Waals surface area (Å²) in [6.45, 7) is 1.56. The second-order valence-corrected chi connectivity index (χ2v) is 7.68. The molecule has 1 fully saturated rings. The molecule has 1 atom stereocenters. The van der Waals surface area contributed by atoms with E-state index in [9.17, 15) is 18.0 Å². The van der Waals surface area contributed by atoms with Crippen molar-refractivity contribution in [2.24, 2.45) is 5.10 Å². The molecule has 2 amide bonds. The van der Waals surface area contributed by atoms with Crippen molar-refractivity contribution < 1.29 is 18.0 Å². The summed E-state index contributed by atoms with van der Waals surface area (Å²) in [5.41, 5.74) is 0.815. The summed E-state index contributed by atoms with van der Waals surface area (Å²) in [4.78, 5) is 24.9. The SMILES string of the molecule is O=C(N1CCN(c2ncc(F)c(-c3cc[nH]n3)n2)CC1)N1N=CC[C@H]1c1cc(F)cc(F)c1. The van der Waals surface area contributed by atoms with Crippen molar-refractivity contribution in [3.63, 3.8) is 0 Å². The Balaban J connectivity index is 1.27. The number of benzene rings is 1. The van der Waals surface area contributed by atoms with Crippen molar-refractivity contribution in [3.05, 3.63) is 59.7 Å². The Morgan fingerprint density at radius 3 is 2.52 bits per heavy atom. The van der Waals surface area contributed by atoms with E-state index in [1.807, 2.05) is 4.90 Å². The van der Waals surface area contributed by atoms with Gasteiger partial charge < -0.3 is 9.80 Å². The van der Waals surface area contributed by atoms with Gasteiger partial charge in [-0.1, -0.05) is 0 Å². The van der Waals surface area contributed by atoms with E-state index in [4.69, 9.17) is 0 Å². The molecule has 0 aliphatic carbocycles.